The number of anilines is 1. The molecule has 3 aromatic heterocycles. The van der Waals surface area contributed by atoms with Crippen LogP contribution in [0.4, 0.5) is 5.82 Å². The second kappa shape index (κ2) is 3.80. The summed E-state index contributed by atoms with van der Waals surface area (Å²) in [5, 5.41) is 7.27. The summed E-state index contributed by atoms with van der Waals surface area (Å²) in [6, 6.07) is 1.86. The number of nitrogens with zero attached hydrogens (tertiary/aromatic N) is 4. The molecule has 0 spiro atoms. The van der Waals surface area contributed by atoms with E-state index in [1.807, 2.05) is 6.07 Å². The molecule has 3 N–H and O–H groups in total. The Labute approximate surface area is 102 Å². The van der Waals surface area contributed by atoms with Crippen molar-refractivity contribution in [3.05, 3.63) is 18.0 Å². The highest BCUT2D eigenvalue weighted by Gasteiger charge is 2.16. The molecular formula is C11H12N6O. The molecule has 92 valence electrons. The standard InChI is InChI=1S/C11H12N6O/c1-5(2)7-8-6(3-4-13-7)14-11(15-8)9-10(12)17-18-16-9/h3-5H,1-2H3,(H2,12,17)(H,14,15). The topological polar surface area (TPSA) is 107 Å². The first-order valence-electron chi connectivity index (χ1n) is 5.60. The van der Waals surface area contributed by atoms with Gasteiger partial charge in [0, 0.05) is 6.20 Å². The minimum atomic E-state index is 0.216. The van der Waals surface area contributed by atoms with Crippen molar-refractivity contribution >= 4 is 16.9 Å². The number of nitrogens with one attached hydrogen (secondary N) is 1. The molecule has 0 aromatic carbocycles. The molecule has 0 amide bonds. The van der Waals surface area contributed by atoms with Crippen molar-refractivity contribution in [1.82, 2.24) is 25.3 Å². The minimum absolute atomic E-state index is 0.216. The molecule has 3 rings (SSSR count). The third-order valence-corrected chi connectivity index (χ3v) is 2.71. The van der Waals surface area contributed by atoms with Crippen LogP contribution < -0.4 is 5.73 Å². The predicted molar refractivity (Wildman–Crippen MR) is 65.7 cm³/mol. The van der Waals surface area contributed by atoms with E-state index in [0.29, 0.717) is 11.5 Å². The van der Waals surface area contributed by atoms with E-state index in [-0.39, 0.29) is 11.7 Å². The zero-order valence-corrected chi connectivity index (χ0v) is 10.0. The van der Waals surface area contributed by atoms with E-state index in [9.17, 15) is 0 Å². The van der Waals surface area contributed by atoms with Crippen LogP contribution in [0.3, 0.4) is 0 Å². The highest BCUT2D eigenvalue weighted by Crippen LogP contribution is 2.26. The van der Waals surface area contributed by atoms with Crippen LogP contribution in [0.25, 0.3) is 22.6 Å². The van der Waals surface area contributed by atoms with Crippen LogP contribution in [0.5, 0.6) is 0 Å². The lowest BCUT2D eigenvalue weighted by Crippen LogP contribution is -1.93. The van der Waals surface area contributed by atoms with Crippen molar-refractivity contribution < 1.29 is 4.63 Å². The SMILES string of the molecule is CC(C)c1nccc2[nH]c(-c3nonc3N)nc12. The zero-order valence-electron chi connectivity index (χ0n) is 10.0. The lowest BCUT2D eigenvalue weighted by molar-refractivity contribution is 0.310. The molecule has 0 bridgehead atoms. The third kappa shape index (κ3) is 1.52. The van der Waals surface area contributed by atoms with Gasteiger partial charge in [0.2, 0.25) is 0 Å². The highest BCUT2D eigenvalue weighted by molar-refractivity contribution is 5.82. The molecule has 0 saturated heterocycles. The van der Waals surface area contributed by atoms with Gasteiger partial charge in [0.1, 0.15) is 5.52 Å². The van der Waals surface area contributed by atoms with Gasteiger partial charge < -0.3 is 10.7 Å². The van der Waals surface area contributed by atoms with E-state index in [1.165, 1.54) is 0 Å². The van der Waals surface area contributed by atoms with Crippen LogP contribution in [0.15, 0.2) is 16.9 Å². The van der Waals surface area contributed by atoms with E-state index in [0.717, 1.165) is 16.7 Å². The lowest BCUT2D eigenvalue weighted by atomic mass is 10.1. The Hall–Kier alpha value is -2.44. The summed E-state index contributed by atoms with van der Waals surface area (Å²) in [6.07, 6.45) is 1.75. The Balaban J connectivity index is 2.23. The van der Waals surface area contributed by atoms with Gasteiger partial charge in [-0.15, -0.1) is 0 Å². The van der Waals surface area contributed by atoms with Crippen LogP contribution in [-0.4, -0.2) is 25.3 Å². The van der Waals surface area contributed by atoms with Crippen molar-refractivity contribution in [2.24, 2.45) is 0 Å². The largest absolute Gasteiger partial charge is 0.379 e. The van der Waals surface area contributed by atoms with Crippen LogP contribution in [0, 0.1) is 0 Å². The minimum Gasteiger partial charge on any atom is -0.379 e. The van der Waals surface area contributed by atoms with Gasteiger partial charge in [0.25, 0.3) is 0 Å². The van der Waals surface area contributed by atoms with E-state index < -0.39 is 0 Å². The number of fused-ring (bicyclic) bond motifs is 1. The van der Waals surface area contributed by atoms with Gasteiger partial charge in [-0.2, -0.15) is 0 Å². The van der Waals surface area contributed by atoms with E-state index in [1.54, 1.807) is 6.20 Å². The Bertz CT molecular complexity index is 698. The average molecular weight is 244 g/mol. The molecule has 7 heteroatoms. The third-order valence-electron chi connectivity index (χ3n) is 2.71. The number of imidazole rings is 1. The average Bonchev–Trinajstić information content (AvgIpc) is 2.92. The van der Waals surface area contributed by atoms with Crippen molar-refractivity contribution in [3.63, 3.8) is 0 Å². The summed E-state index contributed by atoms with van der Waals surface area (Å²) in [5.41, 5.74) is 8.72. The first-order valence-corrected chi connectivity index (χ1v) is 5.60. The van der Waals surface area contributed by atoms with Crippen LogP contribution >= 0.6 is 0 Å². The number of aromatic nitrogens is 5. The normalized spacial score (nSPS) is 11.5. The second-order valence-corrected chi connectivity index (χ2v) is 4.33. The molecule has 0 aliphatic carbocycles. The predicted octanol–water partition coefficient (Wildman–Crippen LogP) is 1.71. The van der Waals surface area contributed by atoms with Crippen molar-refractivity contribution in [1.29, 1.82) is 0 Å². The summed E-state index contributed by atoms with van der Waals surface area (Å²) in [6.45, 7) is 4.14. The fourth-order valence-electron chi connectivity index (χ4n) is 1.85. The van der Waals surface area contributed by atoms with Gasteiger partial charge in [-0.1, -0.05) is 13.8 Å². The summed E-state index contributed by atoms with van der Waals surface area (Å²) in [4.78, 5) is 12.0. The maximum absolute atomic E-state index is 5.65. The summed E-state index contributed by atoms with van der Waals surface area (Å²) in [5.74, 6) is 1.05. The first kappa shape index (κ1) is 10.7. The maximum Gasteiger partial charge on any atom is 0.199 e. The number of pyridine rings is 1. The second-order valence-electron chi connectivity index (χ2n) is 4.33. The highest BCUT2D eigenvalue weighted by atomic mass is 16.6. The summed E-state index contributed by atoms with van der Waals surface area (Å²) < 4.78 is 4.57. The molecule has 7 nitrogen and oxygen atoms in total. The van der Waals surface area contributed by atoms with Crippen molar-refractivity contribution in [3.8, 4) is 11.5 Å². The van der Waals surface area contributed by atoms with Gasteiger partial charge in [0.15, 0.2) is 17.3 Å². The van der Waals surface area contributed by atoms with Crippen LogP contribution in [0.2, 0.25) is 0 Å². The fraction of sp³-hybridized carbons (Fsp3) is 0.273. The monoisotopic (exact) mass is 244 g/mol. The molecule has 0 aliphatic heterocycles. The van der Waals surface area contributed by atoms with Gasteiger partial charge in [-0.3, -0.25) is 4.98 Å². The number of hydrogen-bond donors (Lipinski definition) is 2. The maximum atomic E-state index is 5.65. The molecule has 0 atom stereocenters. The molecule has 0 saturated carbocycles. The van der Waals surface area contributed by atoms with Gasteiger partial charge in [-0.25, -0.2) is 9.61 Å². The van der Waals surface area contributed by atoms with Crippen molar-refractivity contribution in [2.45, 2.75) is 19.8 Å². The summed E-state index contributed by atoms with van der Waals surface area (Å²) in [7, 11) is 0. The molecular weight excluding hydrogens is 232 g/mol. The number of nitrogens with two attached hydrogens (primary N) is 1. The zero-order chi connectivity index (χ0) is 12.7. The Morgan fingerprint density at radius 2 is 2.17 bits per heavy atom. The number of nitrogen functional groups attached to an aromatic ring is 1. The van der Waals surface area contributed by atoms with Gasteiger partial charge >= 0.3 is 0 Å². The molecule has 0 aliphatic rings. The van der Waals surface area contributed by atoms with E-state index in [4.69, 9.17) is 5.73 Å². The van der Waals surface area contributed by atoms with E-state index >= 15 is 0 Å². The number of hydrogen-bond acceptors (Lipinski definition) is 6. The Morgan fingerprint density at radius 3 is 2.83 bits per heavy atom. The van der Waals surface area contributed by atoms with Gasteiger partial charge in [0.05, 0.1) is 11.2 Å². The van der Waals surface area contributed by atoms with Crippen molar-refractivity contribution in [2.75, 3.05) is 5.73 Å². The fourth-order valence-corrected chi connectivity index (χ4v) is 1.85. The van der Waals surface area contributed by atoms with Crippen LogP contribution in [0.1, 0.15) is 25.5 Å². The molecule has 18 heavy (non-hydrogen) atoms. The van der Waals surface area contributed by atoms with Gasteiger partial charge in [-0.05, 0) is 22.3 Å². The Morgan fingerprint density at radius 1 is 1.33 bits per heavy atom. The number of aromatic amines is 1. The van der Waals surface area contributed by atoms with Crippen LogP contribution in [-0.2, 0) is 0 Å². The number of rotatable bonds is 2. The van der Waals surface area contributed by atoms with E-state index in [2.05, 4.69) is 43.7 Å². The molecule has 0 fully saturated rings. The summed E-state index contributed by atoms with van der Waals surface area (Å²) >= 11 is 0. The lowest BCUT2D eigenvalue weighted by Gasteiger charge is -2.03. The molecule has 3 aromatic rings. The molecule has 3 heterocycles. The quantitative estimate of drug-likeness (QED) is 0.710. The first-order chi connectivity index (χ1) is 8.66. The smallest absolute Gasteiger partial charge is 0.199 e. The molecule has 0 radical (unpaired) electrons. The molecule has 0 unspecified atom stereocenters. The Kier molecular flexibility index (Phi) is 2.26. The number of H-pyrrole nitrogens is 1.